The largest absolute Gasteiger partial charge is 0.388 e. The van der Waals surface area contributed by atoms with Crippen LogP contribution in [0.1, 0.15) is 55.3 Å². The average Bonchev–Trinajstić information content (AvgIpc) is 2.95. The van der Waals surface area contributed by atoms with Crippen LogP contribution in [0.4, 0.5) is 0 Å². The lowest BCUT2D eigenvalue weighted by Crippen LogP contribution is -2.02. The molecule has 5 heteroatoms. The molecular formula is C15H20N2O2S. The smallest absolute Gasteiger partial charge is 0.239 e. The molecule has 108 valence electrons. The molecule has 2 rings (SSSR count). The van der Waals surface area contributed by atoms with Gasteiger partial charge in [0.2, 0.25) is 5.89 Å². The number of thioether (sulfide) groups is 1. The molecule has 0 aliphatic heterocycles. The molecule has 0 bridgehead atoms. The predicted octanol–water partition coefficient (Wildman–Crippen LogP) is 3.72. The summed E-state index contributed by atoms with van der Waals surface area (Å²) in [5.41, 5.74) is 0.931. The Bertz CT molecular complexity index is 528. The van der Waals surface area contributed by atoms with Crippen molar-refractivity contribution in [3.05, 3.63) is 47.6 Å². The molecule has 0 radical (unpaired) electrons. The third kappa shape index (κ3) is 3.84. The maximum atomic E-state index is 10.1. The second-order valence-corrected chi connectivity index (χ2v) is 6.42. The molecule has 0 amide bonds. The first-order valence-electron chi connectivity index (χ1n) is 6.76. The zero-order chi connectivity index (χ0) is 14.5. The maximum absolute atomic E-state index is 10.1. The third-order valence-electron chi connectivity index (χ3n) is 3.01. The number of hydrogen-bond donors (Lipinski definition) is 1. The van der Waals surface area contributed by atoms with E-state index in [0.717, 1.165) is 11.4 Å². The molecule has 0 fully saturated rings. The quantitative estimate of drug-likeness (QED) is 0.879. The first kappa shape index (κ1) is 15.1. The van der Waals surface area contributed by atoms with E-state index < -0.39 is 6.10 Å². The van der Waals surface area contributed by atoms with Crippen molar-refractivity contribution in [1.82, 2.24) is 10.1 Å². The Morgan fingerprint density at radius 3 is 2.50 bits per heavy atom. The number of rotatable bonds is 6. The van der Waals surface area contributed by atoms with Gasteiger partial charge in [-0.05, 0) is 12.5 Å². The van der Waals surface area contributed by atoms with E-state index >= 15 is 0 Å². The van der Waals surface area contributed by atoms with Crippen LogP contribution >= 0.6 is 11.8 Å². The Balaban J connectivity index is 1.90. The molecule has 0 aliphatic rings. The molecule has 20 heavy (non-hydrogen) atoms. The van der Waals surface area contributed by atoms with E-state index in [1.165, 1.54) is 0 Å². The molecule has 4 nitrogen and oxygen atoms in total. The van der Waals surface area contributed by atoms with Gasteiger partial charge in [0.15, 0.2) is 5.82 Å². The van der Waals surface area contributed by atoms with Gasteiger partial charge in [0.25, 0.3) is 0 Å². The van der Waals surface area contributed by atoms with Gasteiger partial charge in [-0.25, -0.2) is 0 Å². The van der Waals surface area contributed by atoms with E-state index in [1.807, 2.05) is 51.1 Å². The summed E-state index contributed by atoms with van der Waals surface area (Å²) in [4.78, 5) is 4.38. The fourth-order valence-corrected chi connectivity index (χ4v) is 2.63. The summed E-state index contributed by atoms with van der Waals surface area (Å²) < 4.78 is 5.26. The minimum absolute atomic E-state index is 0.0772. The molecule has 1 aromatic carbocycles. The van der Waals surface area contributed by atoms with E-state index in [-0.39, 0.29) is 11.2 Å². The van der Waals surface area contributed by atoms with Crippen molar-refractivity contribution in [2.75, 3.05) is 5.75 Å². The van der Waals surface area contributed by atoms with Crippen LogP contribution in [0.5, 0.6) is 0 Å². The summed E-state index contributed by atoms with van der Waals surface area (Å²) in [5, 5.41) is 14.2. The van der Waals surface area contributed by atoms with Crippen LogP contribution in [0.2, 0.25) is 0 Å². The van der Waals surface area contributed by atoms with Crippen LogP contribution in [-0.4, -0.2) is 21.0 Å². The van der Waals surface area contributed by atoms with Gasteiger partial charge in [-0.1, -0.05) is 49.3 Å². The second-order valence-electron chi connectivity index (χ2n) is 5.05. The Labute approximate surface area is 123 Å². The molecule has 2 unspecified atom stereocenters. The average molecular weight is 292 g/mol. The summed E-state index contributed by atoms with van der Waals surface area (Å²) in [6, 6.07) is 9.66. The van der Waals surface area contributed by atoms with Gasteiger partial charge in [-0.2, -0.15) is 4.98 Å². The predicted molar refractivity (Wildman–Crippen MR) is 80.7 cm³/mol. The van der Waals surface area contributed by atoms with Crippen molar-refractivity contribution in [2.45, 2.75) is 38.0 Å². The Kier molecular flexibility index (Phi) is 5.20. The fourth-order valence-electron chi connectivity index (χ4n) is 1.73. The SMILES string of the molecule is CC(C)c1noc(C(C)SCC(O)c2ccccc2)n1. The molecule has 0 spiro atoms. The lowest BCUT2D eigenvalue weighted by atomic mass is 10.1. The summed E-state index contributed by atoms with van der Waals surface area (Å²) >= 11 is 1.61. The number of aromatic nitrogens is 2. The molecular weight excluding hydrogens is 272 g/mol. The molecule has 1 aromatic heterocycles. The minimum Gasteiger partial charge on any atom is -0.388 e. The van der Waals surface area contributed by atoms with E-state index in [0.29, 0.717) is 11.6 Å². The summed E-state index contributed by atoms with van der Waals surface area (Å²) in [7, 11) is 0. The molecule has 0 saturated heterocycles. The standard InChI is InChI=1S/C15H20N2O2S/c1-10(2)14-16-15(19-17-14)11(3)20-9-13(18)12-7-5-4-6-8-12/h4-8,10-11,13,18H,9H2,1-3H3. The first-order valence-corrected chi connectivity index (χ1v) is 7.81. The molecule has 2 aromatic rings. The fraction of sp³-hybridized carbons (Fsp3) is 0.467. The van der Waals surface area contributed by atoms with Gasteiger partial charge < -0.3 is 9.63 Å². The van der Waals surface area contributed by atoms with Crippen LogP contribution in [0.3, 0.4) is 0 Å². The second kappa shape index (κ2) is 6.90. The third-order valence-corrected chi connectivity index (χ3v) is 4.22. The van der Waals surface area contributed by atoms with Crippen molar-refractivity contribution in [3.63, 3.8) is 0 Å². The monoisotopic (exact) mass is 292 g/mol. The first-order chi connectivity index (χ1) is 9.58. The summed E-state index contributed by atoms with van der Waals surface area (Å²) in [6.07, 6.45) is -0.476. The number of nitrogens with zero attached hydrogens (tertiary/aromatic N) is 2. The van der Waals surface area contributed by atoms with E-state index in [2.05, 4.69) is 10.1 Å². The van der Waals surface area contributed by atoms with Gasteiger partial charge >= 0.3 is 0 Å². The highest BCUT2D eigenvalue weighted by molar-refractivity contribution is 7.99. The molecule has 0 saturated carbocycles. The van der Waals surface area contributed by atoms with Crippen molar-refractivity contribution in [2.24, 2.45) is 0 Å². The molecule has 1 heterocycles. The van der Waals surface area contributed by atoms with E-state index in [1.54, 1.807) is 11.8 Å². The Morgan fingerprint density at radius 1 is 1.20 bits per heavy atom. The normalized spacial score (nSPS) is 14.4. The molecule has 1 N–H and O–H groups in total. The molecule has 0 aliphatic carbocycles. The summed E-state index contributed by atoms with van der Waals surface area (Å²) in [5.74, 6) is 2.22. The van der Waals surface area contributed by atoms with Crippen molar-refractivity contribution in [3.8, 4) is 0 Å². The van der Waals surface area contributed by atoms with E-state index in [9.17, 15) is 5.11 Å². The lowest BCUT2D eigenvalue weighted by molar-refractivity contribution is 0.204. The number of aliphatic hydroxyl groups excluding tert-OH is 1. The van der Waals surface area contributed by atoms with Crippen molar-refractivity contribution in [1.29, 1.82) is 0 Å². The van der Waals surface area contributed by atoms with Crippen LogP contribution < -0.4 is 0 Å². The van der Waals surface area contributed by atoms with Gasteiger partial charge in [0.05, 0.1) is 11.4 Å². The van der Waals surface area contributed by atoms with Crippen LogP contribution in [-0.2, 0) is 0 Å². The number of hydrogen-bond acceptors (Lipinski definition) is 5. The van der Waals surface area contributed by atoms with E-state index in [4.69, 9.17) is 4.52 Å². The minimum atomic E-state index is -0.476. The highest BCUT2D eigenvalue weighted by atomic mass is 32.2. The number of benzene rings is 1. The van der Waals surface area contributed by atoms with Gasteiger partial charge in [0.1, 0.15) is 0 Å². The zero-order valence-electron chi connectivity index (χ0n) is 12.0. The van der Waals surface area contributed by atoms with Gasteiger partial charge in [-0.15, -0.1) is 11.8 Å². The van der Waals surface area contributed by atoms with Gasteiger partial charge in [0, 0.05) is 11.7 Å². The number of aliphatic hydroxyl groups is 1. The van der Waals surface area contributed by atoms with Crippen LogP contribution in [0, 0.1) is 0 Å². The summed E-state index contributed by atoms with van der Waals surface area (Å²) in [6.45, 7) is 6.08. The topological polar surface area (TPSA) is 59.2 Å². The zero-order valence-corrected chi connectivity index (χ0v) is 12.8. The molecule has 2 atom stereocenters. The Hall–Kier alpha value is -1.33. The Morgan fingerprint density at radius 2 is 1.90 bits per heavy atom. The highest BCUT2D eigenvalue weighted by Crippen LogP contribution is 2.31. The van der Waals surface area contributed by atoms with Crippen LogP contribution in [0.15, 0.2) is 34.9 Å². The highest BCUT2D eigenvalue weighted by Gasteiger charge is 2.18. The van der Waals surface area contributed by atoms with Gasteiger partial charge in [-0.3, -0.25) is 0 Å². The maximum Gasteiger partial charge on any atom is 0.239 e. The van der Waals surface area contributed by atoms with Crippen molar-refractivity contribution < 1.29 is 9.63 Å². The van der Waals surface area contributed by atoms with Crippen LogP contribution in [0.25, 0.3) is 0 Å². The van der Waals surface area contributed by atoms with Crippen molar-refractivity contribution >= 4 is 11.8 Å². The lowest BCUT2D eigenvalue weighted by Gasteiger charge is -2.12.